The molecule has 0 aliphatic carbocycles. The summed E-state index contributed by atoms with van der Waals surface area (Å²) >= 11 is 3.47. The van der Waals surface area contributed by atoms with E-state index in [9.17, 15) is 9.90 Å². The zero-order chi connectivity index (χ0) is 14.0. The fraction of sp³-hybridized carbons (Fsp3) is 0.500. The van der Waals surface area contributed by atoms with Gasteiger partial charge in [-0.25, -0.2) is 0 Å². The number of hydrogen-bond donors (Lipinski definition) is 1. The van der Waals surface area contributed by atoms with Gasteiger partial charge in [-0.05, 0) is 24.1 Å². The van der Waals surface area contributed by atoms with Crippen LogP contribution < -0.4 is 0 Å². The summed E-state index contributed by atoms with van der Waals surface area (Å²) in [6, 6.07) is 5.77. The Labute approximate surface area is 121 Å². The van der Waals surface area contributed by atoms with Gasteiger partial charge in [-0.15, -0.1) is 0 Å². The van der Waals surface area contributed by atoms with Crippen molar-refractivity contribution in [2.45, 2.75) is 32.0 Å². The number of benzene rings is 1. The third-order valence-corrected chi connectivity index (χ3v) is 4.35. The molecular weight excluding hydrogens is 310 g/mol. The zero-order valence-corrected chi connectivity index (χ0v) is 12.7. The number of nitrogens with zero attached hydrogens (tertiary/aromatic N) is 1. The largest absolute Gasteiger partial charge is 0.468 e. The Bertz CT molecular complexity index is 478. The minimum absolute atomic E-state index is 0.273. The van der Waals surface area contributed by atoms with Crippen molar-refractivity contribution in [3.63, 3.8) is 0 Å². The minimum Gasteiger partial charge on any atom is -0.468 e. The summed E-state index contributed by atoms with van der Waals surface area (Å²) in [5.41, 5.74) is 2.29. The molecule has 1 fully saturated rings. The summed E-state index contributed by atoms with van der Waals surface area (Å²) in [7, 11) is 1.38. The predicted octanol–water partition coefficient (Wildman–Crippen LogP) is 1.87. The summed E-state index contributed by atoms with van der Waals surface area (Å²) in [5, 5.41) is 9.73. The van der Waals surface area contributed by atoms with Crippen molar-refractivity contribution < 1.29 is 14.6 Å². The van der Waals surface area contributed by atoms with Crippen LogP contribution in [0.4, 0.5) is 0 Å². The highest BCUT2D eigenvalue weighted by Crippen LogP contribution is 2.23. The first kappa shape index (κ1) is 14.5. The maximum atomic E-state index is 11.7. The van der Waals surface area contributed by atoms with Gasteiger partial charge in [0.1, 0.15) is 6.04 Å². The molecule has 1 aliphatic heterocycles. The highest BCUT2D eigenvalue weighted by atomic mass is 79.9. The first-order valence-corrected chi connectivity index (χ1v) is 7.05. The molecule has 1 heterocycles. The molecule has 5 heteroatoms. The lowest BCUT2D eigenvalue weighted by atomic mass is 10.1. The number of methoxy groups -OCH3 is 1. The van der Waals surface area contributed by atoms with E-state index in [4.69, 9.17) is 4.74 Å². The van der Waals surface area contributed by atoms with Crippen LogP contribution >= 0.6 is 15.9 Å². The number of esters is 1. The van der Waals surface area contributed by atoms with Gasteiger partial charge in [-0.3, -0.25) is 9.69 Å². The fourth-order valence-electron chi connectivity index (χ4n) is 2.47. The third kappa shape index (κ3) is 3.35. The molecule has 104 valence electrons. The molecule has 0 amide bonds. The topological polar surface area (TPSA) is 49.8 Å². The monoisotopic (exact) mass is 327 g/mol. The summed E-state index contributed by atoms with van der Waals surface area (Å²) in [5.74, 6) is -0.273. The van der Waals surface area contributed by atoms with Crippen LogP contribution in [0.5, 0.6) is 0 Å². The Morgan fingerprint density at radius 2 is 2.32 bits per heavy atom. The predicted molar refractivity (Wildman–Crippen MR) is 75.7 cm³/mol. The molecule has 1 N–H and O–H groups in total. The van der Waals surface area contributed by atoms with Crippen molar-refractivity contribution in [1.29, 1.82) is 0 Å². The lowest BCUT2D eigenvalue weighted by Gasteiger charge is -2.22. The van der Waals surface area contributed by atoms with Crippen LogP contribution in [0.1, 0.15) is 17.5 Å². The van der Waals surface area contributed by atoms with E-state index >= 15 is 0 Å². The van der Waals surface area contributed by atoms with E-state index in [-0.39, 0.29) is 12.0 Å². The van der Waals surface area contributed by atoms with Crippen LogP contribution in [0.3, 0.4) is 0 Å². The smallest absolute Gasteiger partial charge is 0.323 e. The molecule has 2 atom stereocenters. The van der Waals surface area contributed by atoms with Gasteiger partial charge in [-0.2, -0.15) is 0 Å². The number of carbonyl (C=O) groups is 1. The summed E-state index contributed by atoms with van der Waals surface area (Å²) in [6.07, 6.45) is -0.0111. The number of likely N-dealkylation sites (tertiary alicyclic amines) is 1. The minimum atomic E-state index is -0.458. The second-order valence-electron chi connectivity index (χ2n) is 4.94. The molecule has 0 radical (unpaired) electrons. The second kappa shape index (κ2) is 6.03. The molecule has 1 aliphatic rings. The number of carbonyl (C=O) groups excluding carboxylic acids is 1. The SMILES string of the molecule is COC(=O)[C@@H]1C[C@H](O)CN1Cc1ccc(Br)c(C)c1. The van der Waals surface area contributed by atoms with Crippen LogP contribution in [0.15, 0.2) is 22.7 Å². The van der Waals surface area contributed by atoms with E-state index in [1.165, 1.54) is 7.11 Å². The highest BCUT2D eigenvalue weighted by molar-refractivity contribution is 9.10. The molecular formula is C14H18BrNO3. The van der Waals surface area contributed by atoms with Crippen LogP contribution in [0.25, 0.3) is 0 Å². The van der Waals surface area contributed by atoms with Gasteiger partial charge in [0.25, 0.3) is 0 Å². The van der Waals surface area contributed by atoms with E-state index in [1.54, 1.807) is 0 Å². The van der Waals surface area contributed by atoms with Crippen molar-refractivity contribution in [3.8, 4) is 0 Å². The van der Waals surface area contributed by atoms with E-state index < -0.39 is 6.10 Å². The quantitative estimate of drug-likeness (QED) is 0.861. The third-order valence-electron chi connectivity index (χ3n) is 3.46. The lowest BCUT2D eigenvalue weighted by molar-refractivity contribution is -0.146. The molecule has 0 bridgehead atoms. The number of rotatable bonds is 3. The maximum absolute atomic E-state index is 11.7. The Morgan fingerprint density at radius 3 is 2.95 bits per heavy atom. The van der Waals surface area contributed by atoms with Gasteiger partial charge in [0.2, 0.25) is 0 Å². The molecule has 2 rings (SSSR count). The van der Waals surface area contributed by atoms with E-state index in [1.807, 2.05) is 24.0 Å². The number of hydrogen-bond acceptors (Lipinski definition) is 4. The van der Waals surface area contributed by atoms with Gasteiger partial charge < -0.3 is 9.84 Å². The normalized spacial score (nSPS) is 23.6. The van der Waals surface area contributed by atoms with Crippen molar-refractivity contribution in [1.82, 2.24) is 4.90 Å². The lowest BCUT2D eigenvalue weighted by Crippen LogP contribution is -2.36. The van der Waals surface area contributed by atoms with Gasteiger partial charge in [0.15, 0.2) is 0 Å². The van der Waals surface area contributed by atoms with Gasteiger partial charge in [0, 0.05) is 24.0 Å². The van der Waals surface area contributed by atoms with Crippen LogP contribution in [-0.2, 0) is 16.1 Å². The fourth-order valence-corrected chi connectivity index (χ4v) is 2.72. The molecule has 0 spiro atoms. The molecule has 4 nitrogen and oxygen atoms in total. The first-order valence-electron chi connectivity index (χ1n) is 6.26. The molecule has 1 aromatic carbocycles. The molecule has 19 heavy (non-hydrogen) atoms. The van der Waals surface area contributed by atoms with Crippen molar-refractivity contribution >= 4 is 21.9 Å². The Balaban J connectivity index is 2.12. The van der Waals surface area contributed by atoms with Crippen LogP contribution in [0, 0.1) is 6.92 Å². The van der Waals surface area contributed by atoms with Crippen molar-refractivity contribution in [2.75, 3.05) is 13.7 Å². The molecule has 0 saturated carbocycles. The number of halogens is 1. The maximum Gasteiger partial charge on any atom is 0.323 e. The van der Waals surface area contributed by atoms with Crippen LogP contribution in [0.2, 0.25) is 0 Å². The number of β-amino-alcohol motifs (C(OH)–C–C–N with tert-alkyl or cyclic N) is 1. The zero-order valence-electron chi connectivity index (χ0n) is 11.1. The Hall–Kier alpha value is -0.910. The van der Waals surface area contributed by atoms with Gasteiger partial charge in [0.05, 0.1) is 13.2 Å². The molecule has 0 unspecified atom stereocenters. The second-order valence-corrected chi connectivity index (χ2v) is 5.80. The number of aryl methyl sites for hydroxylation is 1. The van der Waals surface area contributed by atoms with E-state index in [2.05, 4.69) is 22.0 Å². The highest BCUT2D eigenvalue weighted by Gasteiger charge is 2.36. The number of ether oxygens (including phenoxy) is 1. The average Bonchev–Trinajstić information content (AvgIpc) is 2.74. The van der Waals surface area contributed by atoms with Gasteiger partial charge >= 0.3 is 5.97 Å². The standard InChI is InChI=1S/C14H18BrNO3/c1-9-5-10(3-4-12(9)15)7-16-8-11(17)6-13(16)14(18)19-2/h3-5,11,13,17H,6-8H2,1-2H3/t11-,13-/m0/s1. The number of aliphatic hydroxyl groups excluding tert-OH is 1. The Morgan fingerprint density at radius 1 is 1.58 bits per heavy atom. The molecule has 0 aromatic heterocycles. The van der Waals surface area contributed by atoms with Gasteiger partial charge in [-0.1, -0.05) is 28.1 Å². The number of aliphatic hydroxyl groups is 1. The van der Waals surface area contributed by atoms with E-state index in [0.29, 0.717) is 19.5 Å². The van der Waals surface area contributed by atoms with Crippen molar-refractivity contribution in [3.05, 3.63) is 33.8 Å². The van der Waals surface area contributed by atoms with Crippen molar-refractivity contribution in [2.24, 2.45) is 0 Å². The average molecular weight is 328 g/mol. The molecule has 1 saturated heterocycles. The summed E-state index contributed by atoms with van der Waals surface area (Å²) in [6.45, 7) is 3.18. The van der Waals surface area contributed by atoms with E-state index in [0.717, 1.165) is 15.6 Å². The summed E-state index contributed by atoms with van der Waals surface area (Å²) < 4.78 is 5.87. The van der Waals surface area contributed by atoms with Crippen LogP contribution in [-0.4, -0.2) is 41.8 Å². The first-order chi connectivity index (χ1) is 9.01. The Kier molecular flexibility index (Phi) is 4.60. The molecule has 1 aromatic rings. The summed E-state index contributed by atoms with van der Waals surface area (Å²) in [4.78, 5) is 13.7.